The molecule has 0 bridgehead atoms. The number of rotatable bonds is 5. The summed E-state index contributed by atoms with van der Waals surface area (Å²) >= 11 is 5.74. The third kappa shape index (κ3) is 4.10. The van der Waals surface area contributed by atoms with Gasteiger partial charge in [-0.15, -0.1) is 0 Å². The number of hydrogen-bond donors (Lipinski definition) is 1. The van der Waals surface area contributed by atoms with Crippen molar-refractivity contribution in [2.24, 2.45) is 0 Å². The fourth-order valence-corrected chi connectivity index (χ4v) is 1.66. The minimum absolute atomic E-state index is 0.492. The van der Waals surface area contributed by atoms with Crippen molar-refractivity contribution in [1.82, 2.24) is 0 Å². The average molecular weight is 299 g/mol. The Morgan fingerprint density at radius 3 is 2.35 bits per heavy atom. The summed E-state index contributed by atoms with van der Waals surface area (Å²) in [4.78, 5) is 11.8. The lowest BCUT2D eigenvalue weighted by atomic mass is 10.1. The van der Waals surface area contributed by atoms with Gasteiger partial charge in [-0.05, 0) is 31.2 Å². The van der Waals surface area contributed by atoms with Crippen LogP contribution in [0.4, 0.5) is 10.5 Å². The molecule has 0 radical (unpaired) electrons. The number of nitrogens with one attached hydrogen (secondary N) is 1. The lowest BCUT2D eigenvalue weighted by molar-refractivity contribution is -0.184. The van der Waals surface area contributed by atoms with Crippen molar-refractivity contribution in [1.29, 1.82) is 5.26 Å². The van der Waals surface area contributed by atoms with E-state index in [1.54, 1.807) is 24.3 Å². The molecule has 20 heavy (non-hydrogen) atoms. The number of nitrogens with zero attached hydrogens (tertiary/aromatic N) is 1. The van der Waals surface area contributed by atoms with Gasteiger partial charge in [0.25, 0.3) is 0 Å². The zero-order valence-electron chi connectivity index (χ0n) is 11.3. The van der Waals surface area contributed by atoms with E-state index < -0.39 is 18.0 Å². The van der Waals surface area contributed by atoms with Gasteiger partial charge in [-0.3, -0.25) is 5.32 Å². The lowest BCUT2D eigenvalue weighted by Gasteiger charge is -2.28. The fraction of sp³-hybridized carbons (Fsp3) is 0.385. The van der Waals surface area contributed by atoms with Crippen LogP contribution in [0, 0.1) is 11.3 Å². The average Bonchev–Trinajstić information content (AvgIpc) is 2.42. The largest absolute Gasteiger partial charge is 0.422 e. The maximum Gasteiger partial charge on any atom is 0.413 e. The summed E-state index contributed by atoms with van der Waals surface area (Å²) < 4.78 is 15.0. The summed E-state index contributed by atoms with van der Waals surface area (Å²) in [6.45, 7) is 1.39. The van der Waals surface area contributed by atoms with Crippen LogP contribution in [0.2, 0.25) is 5.02 Å². The highest BCUT2D eigenvalue weighted by Gasteiger charge is 2.39. The fourth-order valence-electron chi connectivity index (χ4n) is 1.54. The molecule has 0 heterocycles. The maximum absolute atomic E-state index is 11.8. The lowest BCUT2D eigenvalue weighted by Crippen LogP contribution is -2.45. The van der Waals surface area contributed by atoms with E-state index in [4.69, 9.17) is 31.1 Å². The first kappa shape index (κ1) is 16.2. The number of carbonyl (C=O) groups excluding carboxylic acids is 1. The quantitative estimate of drug-likeness (QED) is 0.845. The first-order chi connectivity index (χ1) is 9.45. The molecule has 1 aromatic rings. The van der Waals surface area contributed by atoms with Gasteiger partial charge in [-0.1, -0.05) is 11.6 Å². The first-order valence-electron chi connectivity index (χ1n) is 5.67. The van der Waals surface area contributed by atoms with Crippen LogP contribution in [0.15, 0.2) is 24.3 Å². The number of nitriles is 1. The van der Waals surface area contributed by atoms with Gasteiger partial charge in [0.05, 0.1) is 0 Å². The van der Waals surface area contributed by atoms with Gasteiger partial charge in [-0.2, -0.15) is 5.26 Å². The number of ether oxygens (including phenoxy) is 3. The van der Waals surface area contributed by atoms with Crippen molar-refractivity contribution in [3.63, 3.8) is 0 Å². The predicted molar refractivity (Wildman–Crippen MR) is 73.4 cm³/mol. The molecule has 0 saturated carbocycles. The molecular weight excluding hydrogens is 284 g/mol. The van der Waals surface area contributed by atoms with E-state index >= 15 is 0 Å². The molecule has 7 heteroatoms. The van der Waals surface area contributed by atoms with Gasteiger partial charge in [0, 0.05) is 24.9 Å². The van der Waals surface area contributed by atoms with Crippen LogP contribution >= 0.6 is 11.6 Å². The van der Waals surface area contributed by atoms with Crippen molar-refractivity contribution in [2.75, 3.05) is 19.5 Å². The van der Waals surface area contributed by atoms with E-state index in [0.29, 0.717) is 10.7 Å². The summed E-state index contributed by atoms with van der Waals surface area (Å²) in [7, 11) is 2.70. The van der Waals surface area contributed by atoms with Crippen molar-refractivity contribution < 1.29 is 19.0 Å². The summed E-state index contributed by atoms with van der Waals surface area (Å²) in [5.74, 6) is 0. The minimum atomic E-state index is -1.57. The number of methoxy groups -OCH3 is 2. The van der Waals surface area contributed by atoms with Gasteiger partial charge in [0.2, 0.25) is 11.9 Å². The zero-order valence-corrected chi connectivity index (χ0v) is 12.1. The van der Waals surface area contributed by atoms with Gasteiger partial charge in [-0.25, -0.2) is 4.79 Å². The highest BCUT2D eigenvalue weighted by molar-refractivity contribution is 6.30. The Labute approximate surface area is 122 Å². The van der Waals surface area contributed by atoms with Crippen molar-refractivity contribution in [3.05, 3.63) is 29.3 Å². The van der Waals surface area contributed by atoms with Crippen LogP contribution < -0.4 is 5.32 Å². The van der Waals surface area contributed by atoms with Crippen LogP contribution in [0.3, 0.4) is 0 Å². The molecule has 0 unspecified atom stereocenters. The van der Waals surface area contributed by atoms with Crippen LogP contribution in [-0.2, 0) is 14.2 Å². The highest BCUT2D eigenvalue weighted by Crippen LogP contribution is 2.20. The Morgan fingerprint density at radius 1 is 1.35 bits per heavy atom. The van der Waals surface area contributed by atoms with E-state index in [1.807, 2.05) is 6.07 Å². The molecule has 1 N–H and O–H groups in total. The number of benzene rings is 1. The van der Waals surface area contributed by atoms with E-state index in [1.165, 1.54) is 21.1 Å². The summed E-state index contributed by atoms with van der Waals surface area (Å²) in [5, 5.41) is 12.2. The summed E-state index contributed by atoms with van der Waals surface area (Å²) in [5.41, 5.74) is -1.08. The molecule has 1 rings (SSSR count). The smallest absolute Gasteiger partial charge is 0.413 e. The normalized spacial score (nSPS) is 13.4. The third-order valence-corrected chi connectivity index (χ3v) is 2.75. The van der Waals surface area contributed by atoms with E-state index in [0.717, 1.165) is 0 Å². The third-order valence-electron chi connectivity index (χ3n) is 2.50. The Bertz CT molecular complexity index is 496. The molecular formula is C13H15ClN2O4. The van der Waals surface area contributed by atoms with Crippen molar-refractivity contribution in [2.45, 2.75) is 18.8 Å². The molecule has 6 nitrogen and oxygen atoms in total. The van der Waals surface area contributed by atoms with Gasteiger partial charge >= 0.3 is 6.09 Å². The monoisotopic (exact) mass is 298 g/mol. The standard InChI is InChI=1S/C13H15ClN2O4/c1-13(8-15,11(18-2)19-3)20-12(17)16-10-6-4-9(14)5-7-10/h4-7,11H,1-3H3,(H,16,17)/t13-/m0/s1. The van der Waals surface area contributed by atoms with E-state index in [9.17, 15) is 4.79 Å². The molecule has 1 aromatic carbocycles. The Morgan fingerprint density at radius 2 is 1.90 bits per heavy atom. The zero-order chi connectivity index (χ0) is 15.2. The van der Waals surface area contributed by atoms with Crippen molar-refractivity contribution in [3.8, 4) is 6.07 Å². The van der Waals surface area contributed by atoms with Gasteiger partial charge in [0.1, 0.15) is 6.07 Å². The van der Waals surface area contributed by atoms with Crippen molar-refractivity contribution >= 4 is 23.4 Å². The highest BCUT2D eigenvalue weighted by atomic mass is 35.5. The molecule has 0 aromatic heterocycles. The Kier molecular flexibility index (Phi) is 5.77. The maximum atomic E-state index is 11.8. The molecule has 0 spiro atoms. The number of anilines is 1. The van der Waals surface area contributed by atoms with Crippen LogP contribution in [0.1, 0.15) is 6.92 Å². The van der Waals surface area contributed by atoms with Gasteiger partial charge < -0.3 is 14.2 Å². The Balaban J connectivity index is 2.73. The predicted octanol–water partition coefficient (Wildman–Crippen LogP) is 2.79. The number of halogens is 1. The topological polar surface area (TPSA) is 80.6 Å². The van der Waals surface area contributed by atoms with Crippen LogP contribution in [0.25, 0.3) is 0 Å². The molecule has 0 aliphatic heterocycles. The minimum Gasteiger partial charge on any atom is -0.422 e. The molecule has 0 fully saturated rings. The molecule has 1 amide bonds. The molecule has 0 aliphatic carbocycles. The second-order valence-corrected chi connectivity index (χ2v) is 4.48. The second kappa shape index (κ2) is 7.10. The number of amides is 1. The van der Waals surface area contributed by atoms with Gasteiger partial charge in [0.15, 0.2) is 0 Å². The Hall–Kier alpha value is -1.81. The summed E-state index contributed by atoms with van der Waals surface area (Å²) in [6, 6.07) is 8.31. The number of carbonyl (C=O) groups is 1. The molecule has 0 aliphatic rings. The first-order valence-corrected chi connectivity index (χ1v) is 6.05. The summed E-state index contributed by atoms with van der Waals surface area (Å²) in [6.07, 6.45) is -1.79. The number of hydrogen-bond acceptors (Lipinski definition) is 5. The van der Waals surface area contributed by atoms with Crippen LogP contribution in [0.5, 0.6) is 0 Å². The SMILES string of the molecule is COC(OC)[C@](C)(C#N)OC(=O)Nc1ccc(Cl)cc1. The van der Waals surface area contributed by atoms with Crippen LogP contribution in [-0.4, -0.2) is 32.2 Å². The molecule has 0 saturated heterocycles. The molecule has 1 atom stereocenters. The van der Waals surface area contributed by atoms with E-state index in [2.05, 4.69) is 5.32 Å². The van der Waals surface area contributed by atoms with E-state index in [-0.39, 0.29) is 0 Å². The second-order valence-electron chi connectivity index (χ2n) is 4.04. The molecule has 108 valence electrons.